The summed E-state index contributed by atoms with van der Waals surface area (Å²) in [6.45, 7) is 0. The molecule has 0 bridgehead atoms. The van der Waals surface area contributed by atoms with Gasteiger partial charge in [0.1, 0.15) is 5.75 Å². The Labute approximate surface area is 124 Å². The summed E-state index contributed by atoms with van der Waals surface area (Å²) in [6.07, 6.45) is 0. The van der Waals surface area contributed by atoms with Gasteiger partial charge in [-0.2, -0.15) is 8.42 Å². The number of anilines is 2. The van der Waals surface area contributed by atoms with E-state index >= 15 is 0 Å². The summed E-state index contributed by atoms with van der Waals surface area (Å²) in [7, 11) is -4.97. The first kappa shape index (κ1) is 14.1. The fraction of sp³-hybridized carbons (Fsp3) is 0. The summed E-state index contributed by atoms with van der Waals surface area (Å²) in [4.78, 5) is 0. The van der Waals surface area contributed by atoms with Gasteiger partial charge in [-0.3, -0.25) is 0 Å². The summed E-state index contributed by atoms with van der Waals surface area (Å²) in [5.41, 5.74) is 1.64. The first-order valence-electron chi connectivity index (χ1n) is 5.19. The number of halogens is 2. The fourth-order valence-corrected chi connectivity index (χ4v) is 2.11. The molecule has 0 aliphatic heterocycles. The molecule has 2 rings (SSSR count). The molecule has 0 atom stereocenters. The predicted octanol–water partition coefficient (Wildman–Crippen LogP) is 3.63. The van der Waals surface area contributed by atoms with Crippen LogP contribution in [-0.2, 0) is 10.5 Å². The van der Waals surface area contributed by atoms with Crippen LogP contribution in [-0.4, -0.2) is 8.42 Å². The van der Waals surface area contributed by atoms with Crippen LogP contribution >= 0.6 is 22.6 Å². The minimum Gasteiger partial charge on any atom is -0.358 e. The second kappa shape index (κ2) is 5.74. The normalized spacial score (nSPS) is 11.1. The Balaban J connectivity index is 2.08. The van der Waals surface area contributed by atoms with Crippen LogP contribution in [0.3, 0.4) is 0 Å². The zero-order valence-corrected chi connectivity index (χ0v) is 12.5. The zero-order valence-electron chi connectivity index (χ0n) is 9.51. The third-order valence-corrected chi connectivity index (χ3v) is 3.29. The lowest BCUT2D eigenvalue weighted by molar-refractivity contribution is 0.440. The second-order valence-electron chi connectivity index (χ2n) is 3.63. The van der Waals surface area contributed by atoms with Crippen LogP contribution in [0.2, 0.25) is 0 Å². The number of hydrogen-bond donors (Lipinski definition) is 1. The molecule has 0 amide bonds. The van der Waals surface area contributed by atoms with Gasteiger partial charge in [-0.25, -0.2) is 0 Å². The third kappa shape index (κ3) is 4.67. The topological polar surface area (TPSA) is 55.4 Å². The molecule has 0 radical (unpaired) electrons. The van der Waals surface area contributed by atoms with Crippen LogP contribution in [0.1, 0.15) is 0 Å². The lowest BCUT2D eigenvalue weighted by Gasteiger charge is -2.07. The van der Waals surface area contributed by atoms with E-state index < -0.39 is 10.5 Å². The quantitative estimate of drug-likeness (QED) is 0.637. The molecular formula is C12H9FINO3S. The maximum atomic E-state index is 12.3. The van der Waals surface area contributed by atoms with Gasteiger partial charge in [0.05, 0.1) is 0 Å². The molecule has 4 nitrogen and oxygen atoms in total. The molecule has 2 aromatic carbocycles. The van der Waals surface area contributed by atoms with Gasteiger partial charge in [0.25, 0.3) is 0 Å². The van der Waals surface area contributed by atoms with Gasteiger partial charge in [0.15, 0.2) is 0 Å². The van der Waals surface area contributed by atoms with Gasteiger partial charge in [-0.1, -0.05) is 3.89 Å². The monoisotopic (exact) mass is 393 g/mol. The molecule has 0 aromatic heterocycles. The highest BCUT2D eigenvalue weighted by atomic mass is 127. The van der Waals surface area contributed by atoms with Crippen molar-refractivity contribution in [3.8, 4) is 5.75 Å². The van der Waals surface area contributed by atoms with Crippen LogP contribution in [0.4, 0.5) is 15.3 Å². The Kier molecular flexibility index (Phi) is 4.25. The second-order valence-corrected chi connectivity index (χ2v) is 5.83. The van der Waals surface area contributed by atoms with Crippen LogP contribution in [0.25, 0.3) is 0 Å². The van der Waals surface area contributed by atoms with Crippen molar-refractivity contribution in [3.63, 3.8) is 0 Å². The average molecular weight is 393 g/mol. The van der Waals surface area contributed by atoms with E-state index in [1.807, 2.05) is 24.3 Å². The molecule has 7 heteroatoms. The van der Waals surface area contributed by atoms with Gasteiger partial charge in [0.2, 0.25) is 0 Å². The summed E-state index contributed by atoms with van der Waals surface area (Å²) >= 11 is 2.21. The molecule has 0 unspecified atom stereocenters. The number of benzene rings is 2. The molecule has 0 saturated heterocycles. The predicted molar refractivity (Wildman–Crippen MR) is 79.5 cm³/mol. The molecular weight excluding hydrogens is 384 g/mol. The van der Waals surface area contributed by atoms with E-state index in [0.29, 0.717) is 0 Å². The van der Waals surface area contributed by atoms with Gasteiger partial charge in [-0.05, 0) is 71.1 Å². The van der Waals surface area contributed by atoms with E-state index in [-0.39, 0.29) is 5.75 Å². The van der Waals surface area contributed by atoms with Gasteiger partial charge >= 0.3 is 10.5 Å². The minimum absolute atomic E-state index is 0.0735. The van der Waals surface area contributed by atoms with Gasteiger partial charge < -0.3 is 9.50 Å². The van der Waals surface area contributed by atoms with Gasteiger partial charge in [-0.15, -0.1) is 0 Å². The molecule has 0 spiro atoms. The van der Waals surface area contributed by atoms with Crippen molar-refractivity contribution in [2.75, 3.05) is 5.32 Å². The lowest BCUT2D eigenvalue weighted by Crippen LogP contribution is -2.01. The van der Waals surface area contributed by atoms with Crippen molar-refractivity contribution in [2.45, 2.75) is 0 Å². The van der Waals surface area contributed by atoms with E-state index in [1.54, 1.807) is 12.1 Å². The summed E-state index contributed by atoms with van der Waals surface area (Å²) in [6, 6.07) is 13.7. The van der Waals surface area contributed by atoms with Gasteiger partial charge in [0, 0.05) is 14.9 Å². The van der Waals surface area contributed by atoms with Crippen molar-refractivity contribution in [1.82, 2.24) is 0 Å². The van der Waals surface area contributed by atoms with E-state index in [4.69, 9.17) is 0 Å². The molecule has 0 saturated carbocycles. The smallest absolute Gasteiger partial charge is 0.358 e. The highest BCUT2D eigenvalue weighted by Gasteiger charge is 2.08. The van der Waals surface area contributed by atoms with Crippen molar-refractivity contribution >= 4 is 44.5 Å². The van der Waals surface area contributed by atoms with Crippen LogP contribution in [0, 0.1) is 3.57 Å². The highest BCUT2D eigenvalue weighted by Crippen LogP contribution is 2.21. The Bertz CT molecular complexity index is 656. The molecule has 0 heterocycles. The van der Waals surface area contributed by atoms with Crippen LogP contribution in [0.5, 0.6) is 5.75 Å². The van der Waals surface area contributed by atoms with Crippen molar-refractivity contribution in [3.05, 3.63) is 52.1 Å². The Morgan fingerprint density at radius 1 is 0.947 bits per heavy atom. The third-order valence-electron chi connectivity index (χ3n) is 2.18. The molecule has 19 heavy (non-hydrogen) atoms. The highest BCUT2D eigenvalue weighted by molar-refractivity contribution is 14.1. The zero-order chi connectivity index (χ0) is 13.9. The van der Waals surface area contributed by atoms with Crippen molar-refractivity contribution < 1.29 is 16.5 Å². The maximum Gasteiger partial charge on any atom is 0.488 e. The Hall–Kier alpha value is -1.35. The first-order chi connectivity index (χ1) is 8.92. The van der Waals surface area contributed by atoms with E-state index in [1.165, 1.54) is 12.1 Å². The molecule has 0 fully saturated rings. The summed E-state index contributed by atoms with van der Waals surface area (Å²) in [5.74, 6) is -0.0735. The molecule has 100 valence electrons. The standard InChI is InChI=1S/C12H9FINO3S/c13-19(16,17)18-12-7-5-11(6-8-12)15-10-3-1-9(14)2-4-10/h1-8,15H. The van der Waals surface area contributed by atoms with Crippen LogP contribution < -0.4 is 9.50 Å². The number of nitrogens with one attached hydrogen (secondary N) is 1. The van der Waals surface area contributed by atoms with Crippen molar-refractivity contribution in [1.29, 1.82) is 0 Å². The minimum atomic E-state index is -4.97. The van der Waals surface area contributed by atoms with E-state index in [9.17, 15) is 12.3 Å². The summed E-state index contributed by atoms with van der Waals surface area (Å²) in [5, 5.41) is 3.12. The molecule has 1 N–H and O–H groups in total. The van der Waals surface area contributed by atoms with E-state index in [0.717, 1.165) is 14.9 Å². The Morgan fingerprint density at radius 3 is 1.89 bits per heavy atom. The molecule has 0 aliphatic carbocycles. The summed E-state index contributed by atoms with van der Waals surface area (Å²) < 4.78 is 38.1. The van der Waals surface area contributed by atoms with Crippen molar-refractivity contribution in [2.24, 2.45) is 0 Å². The largest absolute Gasteiger partial charge is 0.488 e. The maximum absolute atomic E-state index is 12.3. The first-order valence-corrected chi connectivity index (χ1v) is 7.58. The number of rotatable bonds is 4. The SMILES string of the molecule is O=S(=O)(F)Oc1ccc(Nc2ccc(I)cc2)cc1. The average Bonchev–Trinajstić information content (AvgIpc) is 2.33. The van der Waals surface area contributed by atoms with Crippen LogP contribution in [0.15, 0.2) is 48.5 Å². The Morgan fingerprint density at radius 2 is 1.42 bits per heavy atom. The van der Waals surface area contributed by atoms with E-state index in [2.05, 4.69) is 32.1 Å². The fourth-order valence-electron chi connectivity index (χ4n) is 1.41. The number of hydrogen-bond acceptors (Lipinski definition) is 4. The molecule has 2 aromatic rings. The lowest BCUT2D eigenvalue weighted by atomic mass is 10.2. The molecule has 0 aliphatic rings.